The molecule has 1 heterocycles. The molecule has 9 heteroatoms. The SMILES string of the molecule is NC(=O)c1ccc(NC(=O)CSc2nc(=O)n(CCCO)c3c2CCC3)cc1. The van der Waals surface area contributed by atoms with Gasteiger partial charge in [-0.1, -0.05) is 11.8 Å². The first-order chi connectivity index (χ1) is 13.5. The lowest BCUT2D eigenvalue weighted by Crippen LogP contribution is -2.28. The molecule has 0 radical (unpaired) electrons. The van der Waals surface area contributed by atoms with Gasteiger partial charge < -0.3 is 16.2 Å². The van der Waals surface area contributed by atoms with Gasteiger partial charge in [-0.25, -0.2) is 4.79 Å². The van der Waals surface area contributed by atoms with Crippen LogP contribution in [0.25, 0.3) is 0 Å². The summed E-state index contributed by atoms with van der Waals surface area (Å²) < 4.78 is 1.64. The second kappa shape index (κ2) is 9.03. The predicted octanol–water partition coefficient (Wildman–Crippen LogP) is 0.944. The van der Waals surface area contributed by atoms with Gasteiger partial charge in [0.2, 0.25) is 11.8 Å². The highest BCUT2D eigenvalue weighted by Gasteiger charge is 2.22. The van der Waals surface area contributed by atoms with E-state index in [1.807, 2.05) is 0 Å². The maximum atomic E-state index is 12.3. The predicted molar refractivity (Wildman–Crippen MR) is 107 cm³/mol. The third kappa shape index (κ3) is 4.60. The quantitative estimate of drug-likeness (QED) is 0.445. The topological polar surface area (TPSA) is 127 Å². The minimum Gasteiger partial charge on any atom is -0.396 e. The molecule has 0 aliphatic heterocycles. The fourth-order valence-electron chi connectivity index (χ4n) is 3.21. The number of amides is 2. The van der Waals surface area contributed by atoms with Crippen molar-refractivity contribution in [2.75, 3.05) is 17.7 Å². The minimum atomic E-state index is -0.526. The number of primary amides is 1. The van der Waals surface area contributed by atoms with E-state index in [1.54, 1.807) is 28.8 Å². The Labute approximate surface area is 166 Å². The van der Waals surface area contributed by atoms with Gasteiger partial charge in [0, 0.05) is 35.7 Å². The number of hydrogen-bond acceptors (Lipinski definition) is 6. The Morgan fingerprint density at radius 2 is 2.00 bits per heavy atom. The van der Waals surface area contributed by atoms with E-state index in [2.05, 4.69) is 10.3 Å². The molecule has 1 aromatic carbocycles. The van der Waals surface area contributed by atoms with Crippen molar-refractivity contribution < 1.29 is 14.7 Å². The van der Waals surface area contributed by atoms with Crippen molar-refractivity contribution in [3.63, 3.8) is 0 Å². The molecule has 28 heavy (non-hydrogen) atoms. The number of nitrogens with one attached hydrogen (secondary N) is 1. The first-order valence-corrected chi connectivity index (χ1v) is 10.0. The molecule has 3 rings (SSSR count). The molecule has 1 aliphatic rings. The van der Waals surface area contributed by atoms with E-state index in [-0.39, 0.29) is 24.0 Å². The molecular formula is C19H22N4O4S. The zero-order valence-electron chi connectivity index (χ0n) is 15.3. The van der Waals surface area contributed by atoms with Crippen LogP contribution in [0.4, 0.5) is 5.69 Å². The first-order valence-electron chi connectivity index (χ1n) is 9.05. The lowest BCUT2D eigenvalue weighted by atomic mass is 10.2. The average Bonchev–Trinajstić information content (AvgIpc) is 3.16. The van der Waals surface area contributed by atoms with Gasteiger partial charge in [-0.3, -0.25) is 14.2 Å². The number of rotatable bonds is 8. The van der Waals surface area contributed by atoms with E-state index < -0.39 is 5.91 Å². The second-order valence-electron chi connectivity index (χ2n) is 6.49. The van der Waals surface area contributed by atoms with Crippen molar-refractivity contribution >= 4 is 29.3 Å². The van der Waals surface area contributed by atoms with Crippen LogP contribution in [-0.4, -0.2) is 38.8 Å². The summed E-state index contributed by atoms with van der Waals surface area (Å²) in [5.41, 5.74) is 7.79. The van der Waals surface area contributed by atoms with Crippen LogP contribution in [-0.2, 0) is 24.2 Å². The Hall–Kier alpha value is -2.65. The fraction of sp³-hybridized carbons (Fsp3) is 0.368. The summed E-state index contributed by atoms with van der Waals surface area (Å²) in [7, 11) is 0. The maximum absolute atomic E-state index is 12.3. The number of aliphatic hydroxyl groups excluding tert-OH is 1. The summed E-state index contributed by atoms with van der Waals surface area (Å²) in [6.45, 7) is 0.482. The van der Waals surface area contributed by atoms with Crippen LogP contribution in [0.3, 0.4) is 0 Å². The Kier molecular flexibility index (Phi) is 6.48. The first kappa shape index (κ1) is 20.1. The van der Waals surface area contributed by atoms with E-state index >= 15 is 0 Å². The Morgan fingerprint density at radius 3 is 2.68 bits per heavy atom. The van der Waals surface area contributed by atoms with Crippen LogP contribution in [0.5, 0.6) is 0 Å². The molecule has 0 fully saturated rings. The average molecular weight is 402 g/mol. The minimum absolute atomic E-state index is 0.0261. The summed E-state index contributed by atoms with van der Waals surface area (Å²) >= 11 is 1.25. The molecule has 2 amide bonds. The number of benzene rings is 1. The Balaban J connectivity index is 1.66. The maximum Gasteiger partial charge on any atom is 0.348 e. The number of hydrogen-bond donors (Lipinski definition) is 3. The molecule has 0 saturated carbocycles. The van der Waals surface area contributed by atoms with Crippen molar-refractivity contribution in [3.8, 4) is 0 Å². The van der Waals surface area contributed by atoms with Crippen molar-refractivity contribution in [1.29, 1.82) is 0 Å². The Bertz CT molecular complexity index is 940. The highest BCUT2D eigenvalue weighted by atomic mass is 32.2. The van der Waals surface area contributed by atoms with Crippen LogP contribution < -0.4 is 16.7 Å². The smallest absolute Gasteiger partial charge is 0.348 e. The van der Waals surface area contributed by atoms with Gasteiger partial charge in [0.1, 0.15) is 5.03 Å². The van der Waals surface area contributed by atoms with Gasteiger partial charge in [0.05, 0.1) is 5.75 Å². The molecule has 0 unspecified atom stereocenters. The van der Waals surface area contributed by atoms with E-state index in [4.69, 9.17) is 10.8 Å². The van der Waals surface area contributed by atoms with Crippen LogP contribution in [0.1, 0.15) is 34.5 Å². The summed E-state index contributed by atoms with van der Waals surface area (Å²) in [5.74, 6) is -0.631. The zero-order valence-corrected chi connectivity index (χ0v) is 16.1. The van der Waals surface area contributed by atoms with Crippen molar-refractivity contribution in [2.45, 2.75) is 37.3 Å². The van der Waals surface area contributed by atoms with Crippen LogP contribution >= 0.6 is 11.8 Å². The van der Waals surface area contributed by atoms with E-state index in [9.17, 15) is 14.4 Å². The van der Waals surface area contributed by atoms with Crippen LogP contribution in [0.15, 0.2) is 34.1 Å². The van der Waals surface area contributed by atoms with Gasteiger partial charge in [-0.05, 0) is 49.9 Å². The normalized spacial score (nSPS) is 12.6. The fourth-order valence-corrected chi connectivity index (χ4v) is 4.09. The third-order valence-corrected chi connectivity index (χ3v) is 5.55. The number of nitrogens with zero attached hydrogens (tertiary/aromatic N) is 2. The molecular weight excluding hydrogens is 380 g/mol. The zero-order chi connectivity index (χ0) is 20.1. The van der Waals surface area contributed by atoms with E-state index in [0.29, 0.717) is 29.2 Å². The van der Waals surface area contributed by atoms with Gasteiger partial charge in [-0.2, -0.15) is 4.98 Å². The molecule has 0 saturated heterocycles. The molecule has 0 atom stereocenters. The molecule has 1 aromatic heterocycles. The third-order valence-electron chi connectivity index (χ3n) is 4.53. The van der Waals surface area contributed by atoms with Crippen LogP contribution in [0.2, 0.25) is 0 Å². The largest absolute Gasteiger partial charge is 0.396 e. The highest BCUT2D eigenvalue weighted by Crippen LogP contribution is 2.29. The van der Waals surface area contributed by atoms with Crippen molar-refractivity contribution in [2.24, 2.45) is 5.73 Å². The van der Waals surface area contributed by atoms with Gasteiger partial charge in [-0.15, -0.1) is 0 Å². The Morgan fingerprint density at radius 1 is 1.25 bits per heavy atom. The summed E-state index contributed by atoms with van der Waals surface area (Å²) in [6.07, 6.45) is 3.10. The monoisotopic (exact) mass is 402 g/mol. The van der Waals surface area contributed by atoms with Gasteiger partial charge in [0.15, 0.2) is 0 Å². The molecule has 4 N–H and O–H groups in total. The number of anilines is 1. The molecule has 0 spiro atoms. The number of nitrogens with two attached hydrogens (primary N) is 1. The number of fused-ring (bicyclic) bond motifs is 1. The van der Waals surface area contributed by atoms with Crippen molar-refractivity contribution in [1.82, 2.24) is 9.55 Å². The van der Waals surface area contributed by atoms with Crippen molar-refractivity contribution in [3.05, 3.63) is 51.6 Å². The van der Waals surface area contributed by atoms with Crippen LogP contribution in [0, 0.1) is 0 Å². The molecule has 0 bridgehead atoms. The molecule has 1 aliphatic carbocycles. The lowest BCUT2D eigenvalue weighted by molar-refractivity contribution is -0.113. The summed E-state index contributed by atoms with van der Waals surface area (Å²) in [6, 6.07) is 6.32. The lowest BCUT2D eigenvalue weighted by Gasteiger charge is -2.13. The van der Waals surface area contributed by atoms with Gasteiger partial charge in [0.25, 0.3) is 0 Å². The van der Waals surface area contributed by atoms with Gasteiger partial charge >= 0.3 is 5.69 Å². The molecule has 2 aromatic rings. The number of carbonyl (C=O) groups is 2. The number of thioether (sulfide) groups is 1. The standard InChI is InChI=1S/C19H22N4O4S/c20-17(26)12-5-7-13(8-6-12)21-16(25)11-28-18-14-3-1-4-15(14)23(9-2-10-24)19(27)22-18/h5-8,24H,1-4,9-11H2,(H2,20,26)(H,21,25). The second-order valence-corrected chi connectivity index (χ2v) is 7.45. The van der Waals surface area contributed by atoms with E-state index in [1.165, 1.54) is 11.8 Å². The number of carbonyl (C=O) groups excluding carboxylic acids is 2. The summed E-state index contributed by atoms with van der Waals surface area (Å²) in [5, 5.41) is 12.4. The molecule has 8 nitrogen and oxygen atoms in total. The summed E-state index contributed by atoms with van der Waals surface area (Å²) in [4.78, 5) is 39.8. The highest BCUT2D eigenvalue weighted by molar-refractivity contribution is 8.00. The number of aromatic nitrogens is 2. The number of aliphatic hydroxyl groups is 1. The van der Waals surface area contributed by atoms with E-state index in [0.717, 1.165) is 30.5 Å². The molecule has 148 valence electrons.